The summed E-state index contributed by atoms with van der Waals surface area (Å²) >= 11 is 0. The topological polar surface area (TPSA) is 60.9 Å². The molecule has 0 spiro atoms. The molecule has 1 fully saturated rings. The molecule has 0 radical (unpaired) electrons. The van der Waals surface area contributed by atoms with Crippen molar-refractivity contribution in [3.05, 3.63) is 95.1 Å². The Labute approximate surface area is 201 Å². The summed E-state index contributed by atoms with van der Waals surface area (Å²) in [5.74, 6) is -0.0505. The van der Waals surface area contributed by atoms with E-state index >= 15 is 0 Å². The van der Waals surface area contributed by atoms with Crippen molar-refractivity contribution in [1.82, 2.24) is 9.21 Å². The molecule has 34 heavy (non-hydrogen) atoms. The van der Waals surface area contributed by atoms with Crippen molar-refractivity contribution in [2.45, 2.75) is 24.8 Å². The molecular formula is C27H29N3O3S. The molecule has 3 aromatic rings. The van der Waals surface area contributed by atoms with Crippen LogP contribution in [0.15, 0.2) is 77.7 Å². The van der Waals surface area contributed by atoms with Crippen LogP contribution in [0.4, 0.5) is 5.69 Å². The summed E-state index contributed by atoms with van der Waals surface area (Å²) in [7, 11) is -3.54. The van der Waals surface area contributed by atoms with Gasteiger partial charge in [-0.2, -0.15) is 4.31 Å². The fourth-order valence-electron chi connectivity index (χ4n) is 4.72. The van der Waals surface area contributed by atoms with Crippen LogP contribution in [-0.2, 0) is 23.0 Å². The molecule has 2 aliphatic heterocycles. The first-order valence-electron chi connectivity index (χ1n) is 11.7. The predicted molar refractivity (Wildman–Crippen MR) is 133 cm³/mol. The maximum absolute atomic E-state index is 13.0. The van der Waals surface area contributed by atoms with Gasteiger partial charge in [-0.3, -0.25) is 4.79 Å². The molecule has 7 heteroatoms. The lowest BCUT2D eigenvalue weighted by molar-refractivity contribution is 0.0698. The van der Waals surface area contributed by atoms with Gasteiger partial charge in [-0.15, -0.1) is 0 Å². The normalized spacial score (nSPS) is 16.5. The maximum Gasteiger partial charge on any atom is 0.253 e. The summed E-state index contributed by atoms with van der Waals surface area (Å²) in [4.78, 5) is 17.4. The van der Waals surface area contributed by atoms with Crippen molar-refractivity contribution in [2.75, 3.05) is 37.6 Å². The van der Waals surface area contributed by atoms with Gasteiger partial charge in [0.05, 0.1) is 4.90 Å². The van der Waals surface area contributed by atoms with E-state index in [2.05, 4.69) is 29.2 Å². The van der Waals surface area contributed by atoms with E-state index in [4.69, 9.17) is 0 Å². The van der Waals surface area contributed by atoms with Crippen LogP contribution >= 0.6 is 0 Å². The Balaban J connectivity index is 1.19. The number of benzene rings is 3. The summed E-state index contributed by atoms with van der Waals surface area (Å²) < 4.78 is 27.3. The maximum atomic E-state index is 13.0. The lowest BCUT2D eigenvalue weighted by Crippen LogP contribution is -2.50. The Morgan fingerprint density at radius 1 is 0.824 bits per heavy atom. The van der Waals surface area contributed by atoms with Crippen LogP contribution in [-0.4, -0.2) is 56.3 Å². The first-order valence-corrected chi connectivity index (χ1v) is 13.1. The van der Waals surface area contributed by atoms with Crippen LogP contribution in [0.3, 0.4) is 0 Å². The zero-order chi connectivity index (χ0) is 23.7. The number of amides is 1. The highest BCUT2D eigenvalue weighted by Crippen LogP contribution is 2.29. The number of rotatable bonds is 5. The van der Waals surface area contributed by atoms with Crippen LogP contribution in [0.5, 0.6) is 0 Å². The van der Waals surface area contributed by atoms with Gasteiger partial charge in [0.25, 0.3) is 5.91 Å². The lowest BCUT2D eigenvalue weighted by atomic mass is 10.1. The highest BCUT2D eigenvalue weighted by atomic mass is 32.2. The van der Waals surface area contributed by atoms with Gasteiger partial charge in [-0.25, -0.2) is 8.42 Å². The number of para-hydroxylation sites is 1. The molecule has 0 aromatic heterocycles. The van der Waals surface area contributed by atoms with E-state index in [1.165, 1.54) is 21.1 Å². The van der Waals surface area contributed by atoms with E-state index in [0.717, 1.165) is 25.1 Å². The number of piperazine rings is 1. The first-order chi connectivity index (χ1) is 16.4. The smallest absolute Gasteiger partial charge is 0.253 e. The molecule has 176 valence electrons. The van der Waals surface area contributed by atoms with Crippen molar-refractivity contribution in [3.8, 4) is 0 Å². The minimum Gasteiger partial charge on any atom is -0.367 e. The monoisotopic (exact) mass is 475 g/mol. The number of aryl methyl sites for hydroxylation is 1. The van der Waals surface area contributed by atoms with Crippen molar-refractivity contribution in [2.24, 2.45) is 0 Å². The highest BCUT2D eigenvalue weighted by molar-refractivity contribution is 7.89. The second-order valence-corrected chi connectivity index (χ2v) is 10.9. The average Bonchev–Trinajstić information content (AvgIpc) is 3.27. The molecule has 3 aromatic carbocycles. The molecule has 0 aliphatic carbocycles. The number of carbonyl (C=O) groups is 1. The molecule has 0 unspecified atom stereocenters. The second-order valence-electron chi connectivity index (χ2n) is 9.01. The Hall–Kier alpha value is -3.16. The van der Waals surface area contributed by atoms with Crippen LogP contribution in [0, 0.1) is 6.92 Å². The number of anilines is 1. The number of carbonyl (C=O) groups excluding carboxylic acids is 1. The van der Waals surface area contributed by atoms with Gasteiger partial charge in [0, 0.05) is 50.5 Å². The van der Waals surface area contributed by atoms with E-state index in [-0.39, 0.29) is 5.91 Å². The molecule has 0 bridgehead atoms. The Morgan fingerprint density at radius 2 is 1.50 bits per heavy atom. The number of fused-ring (bicyclic) bond motifs is 1. The summed E-state index contributed by atoms with van der Waals surface area (Å²) in [5.41, 5.74) is 5.51. The minimum absolute atomic E-state index is 0.0505. The van der Waals surface area contributed by atoms with Gasteiger partial charge in [-0.1, -0.05) is 48.0 Å². The molecule has 0 N–H and O–H groups in total. The molecule has 6 nitrogen and oxygen atoms in total. The molecule has 2 aliphatic rings. The fourth-order valence-corrected chi connectivity index (χ4v) is 6.14. The molecule has 5 rings (SSSR count). The molecule has 2 heterocycles. The summed E-state index contributed by atoms with van der Waals surface area (Å²) in [6.07, 6.45) is 1.07. The van der Waals surface area contributed by atoms with Gasteiger partial charge in [0.1, 0.15) is 0 Å². The molecule has 0 saturated carbocycles. The van der Waals surface area contributed by atoms with Crippen molar-refractivity contribution < 1.29 is 13.2 Å². The minimum atomic E-state index is -3.54. The quantitative estimate of drug-likeness (QED) is 0.565. The summed E-state index contributed by atoms with van der Waals surface area (Å²) in [6.45, 7) is 5.13. The number of hydrogen-bond donors (Lipinski definition) is 0. The average molecular weight is 476 g/mol. The Kier molecular flexibility index (Phi) is 6.15. The summed E-state index contributed by atoms with van der Waals surface area (Å²) in [6, 6.07) is 23.2. The van der Waals surface area contributed by atoms with E-state index in [1.807, 2.05) is 31.2 Å². The van der Waals surface area contributed by atoms with Gasteiger partial charge >= 0.3 is 0 Å². The van der Waals surface area contributed by atoms with E-state index in [1.54, 1.807) is 29.2 Å². The Morgan fingerprint density at radius 3 is 2.21 bits per heavy atom. The van der Waals surface area contributed by atoms with Crippen LogP contribution in [0.2, 0.25) is 0 Å². The molecular weight excluding hydrogens is 446 g/mol. The fraction of sp³-hybridized carbons (Fsp3) is 0.296. The second kappa shape index (κ2) is 9.24. The molecule has 1 saturated heterocycles. The molecule has 1 amide bonds. The van der Waals surface area contributed by atoms with Gasteiger partial charge in [0.2, 0.25) is 10.0 Å². The number of hydrogen-bond acceptors (Lipinski definition) is 4. The zero-order valence-electron chi connectivity index (χ0n) is 19.4. The van der Waals surface area contributed by atoms with Crippen molar-refractivity contribution in [3.63, 3.8) is 0 Å². The Bertz CT molecular complexity index is 1280. The van der Waals surface area contributed by atoms with E-state index in [9.17, 15) is 13.2 Å². The zero-order valence-corrected chi connectivity index (χ0v) is 20.2. The lowest BCUT2D eigenvalue weighted by Gasteiger charge is -2.34. The van der Waals surface area contributed by atoms with E-state index < -0.39 is 10.0 Å². The van der Waals surface area contributed by atoms with Crippen LogP contribution in [0.25, 0.3) is 0 Å². The third-order valence-electron chi connectivity index (χ3n) is 6.74. The first kappa shape index (κ1) is 22.6. The third-order valence-corrected chi connectivity index (χ3v) is 8.66. The van der Waals surface area contributed by atoms with E-state index in [0.29, 0.717) is 36.6 Å². The third kappa shape index (κ3) is 4.45. The standard InChI is InChI=1S/C27H29N3O3S/c1-21-6-12-25(13-7-21)34(32,33)30-18-16-28(17-19-30)27(31)24-10-8-22(9-11-24)20-29-15-14-23-4-2-3-5-26(23)29/h2-13H,14-20H2,1H3. The van der Waals surface area contributed by atoms with Gasteiger partial charge in [0.15, 0.2) is 0 Å². The van der Waals surface area contributed by atoms with Crippen LogP contribution in [0.1, 0.15) is 27.0 Å². The van der Waals surface area contributed by atoms with Crippen molar-refractivity contribution in [1.29, 1.82) is 0 Å². The summed E-state index contributed by atoms with van der Waals surface area (Å²) in [5, 5.41) is 0. The van der Waals surface area contributed by atoms with Crippen molar-refractivity contribution >= 4 is 21.6 Å². The number of sulfonamides is 1. The van der Waals surface area contributed by atoms with Crippen LogP contribution < -0.4 is 4.90 Å². The largest absolute Gasteiger partial charge is 0.367 e. The van der Waals surface area contributed by atoms with Gasteiger partial charge in [-0.05, 0) is 54.8 Å². The SMILES string of the molecule is Cc1ccc(S(=O)(=O)N2CCN(C(=O)c3ccc(CN4CCc5ccccc54)cc3)CC2)cc1. The highest BCUT2D eigenvalue weighted by Gasteiger charge is 2.30. The molecule has 0 atom stereocenters. The predicted octanol–water partition coefficient (Wildman–Crippen LogP) is 3.70. The van der Waals surface area contributed by atoms with Gasteiger partial charge < -0.3 is 9.80 Å². The number of nitrogens with zero attached hydrogens (tertiary/aromatic N) is 3.